The summed E-state index contributed by atoms with van der Waals surface area (Å²) >= 11 is 0. The Kier molecular flexibility index (Phi) is 11.5. The summed E-state index contributed by atoms with van der Waals surface area (Å²) in [6.45, 7) is 19.1. The highest BCUT2D eigenvalue weighted by Gasteiger charge is 2.45. The molecular weight excluding hydrogens is 917 g/mol. The minimum Gasteiger partial charge on any atom is -0.310 e. The van der Waals surface area contributed by atoms with E-state index in [9.17, 15) is 0 Å². The van der Waals surface area contributed by atoms with Gasteiger partial charge in [-0.05, 0) is 213 Å². The summed E-state index contributed by atoms with van der Waals surface area (Å²) in [7, 11) is 0. The molecule has 0 aromatic heterocycles. The minimum atomic E-state index is -0.192. The fourth-order valence-electron chi connectivity index (χ4n) is 16.0. The van der Waals surface area contributed by atoms with Gasteiger partial charge in [0.25, 0.3) is 0 Å². The van der Waals surface area contributed by atoms with Crippen LogP contribution >= 0.6 is 0 Å². The Bertz CT molecular complexity index is 3620. The van der Waals surface area contributed by atoms with Gasteiger partial charge in [-0.3, -0.25) is 0 Å². The number of anilines is 6. The molecule has 0 saturated carbocycles. The molecule has 4 aliphatic carbocycles. The molecule has 0 aliphatic heterocycles. The van der Waals surface area contributed by atoms with Gasteiger partial charge in [-0.25, -0.2) is 0 Å². The Hall–Kier alpha value is -7.42. The van der Waals surface area contributed by atoms with Crippen molar-refractivity contribution >= 4 is 34.1 Å². The first-order valence-corrected chi connectivity index (χ1v) is 28.9. The van der Waals surface area contributed by atoms with Gasteiger partial charge in [0.05, 0.1) is 0 Å². The molecule has 0 bridgehead atoms. The molecule has 378 valence electrons. The summed E-state index contributed by atoms with van der Waals surface area (Å²) in [5, 5.41) is 0. The van der Waals surface area contributed by atoms with Crippen LogP contribution in [0.5, 0.6) is 0 Å². The van der Waals surface area contributed by atoms with Gasteiger partial charge >= 0.3 is 0 Å². The first kappa shape index (κ1) is 48.2. The Balaban J connectivity index is 0.975. The van der Waals surface area contributed by atoms with Gasteiger partial charge in [-0.2, -0.15) is 0 Å². The smallest absolute Gasteiger partial charge is 0.0465 e. The summed E-state index contributed by atoms with van der Waals surface area (Å²) < 4.78 is 0. The van der Waals surface area contributed by atoms with Gasteiger partial charge < -0.3 is 9.80 Å². The lowest BCUT2D eigenvalue weighted by Crippen LogP contribution is -2.25. The number of benzene rings is 9. The molecule has 9 aromatic carbocycles. The number of hydrogen-bond acceptors (Lipinski definition) is 2. The van der Waals surface area contributed by atoms with Crippen LogP contribution in [0.15, 0.2) is 194 Å². The predicted molar refractivity (Wildman–Crippen MR) is 323 cm³/mol. The Morgan fingerprint density at radius 2 is 0.421 bits per heavy atom. The molecule has 0 fully saturated rings. The van der Waals surface area contributed by atoms with E-state index in [4.69, 9.17) is 0 Å². The van der Waals surface area contributed by atoms with Crippen molar-refractivity contribution in [3.05, 3.63) is 239 Å². The second kappa shape index (κ2) is 18.1. The van der Waals surface area contributed by atoms with E-state index in [0.29, 0.717) is 0 Å². The maximum absolute atomic E-state index is 2.61. The van der Waals surface area contributed by atoms with Crippen LogP contribution in [0.1, 0.15) is 151 Å². The summed E-state index contributed by atoms with van der Waals surface area (Å²) in [5.41, 5.74) is 29.5. The van der Waals surface area contributed by atoms with Crippen molar-refractivity contribution in [1.82, 2.24) is 0 Å². The third-order valence-electron chi connectivity index (χ3n) is 20.2. The molecule has 0 radical (unpaired) electrons. The Morgan fingerprint density at radius 3 is 0.684 bits per heavy atom. The molecule has 4 aliphatic rings. The van der Waals surface area contributed by atoms with E-state index in [0.717, 1.165) is 51.4 Å². The van der Waals surface area contributed by atoms with Gasteiger partial charge in [0.1, 0.15) is 0 Å². The van der Waals surface area contributed by atoms with Crippen molar-refractivity contribution in [3.8, 4) is 44.5 Å². The maximum Gasteiger partial charge on any atom is 0.0465 e. The fourth-order valence-corrected chi connectivity index (χ4v) is 16.0. The van der Waals surface area contributed by atoms with Crippen molar-refractivity contribution in [1.29, 1.82) is 0 Å². The quantitative estimate of drug-likeness (QED) is 0.107. The number of hydrogen-bond donors (Lipinski definition) is 0. The number of rotatable bonds is 14. The molecule has 0 amide bonds. The summed E-state index contributed by atoms with van der Waals surface area (Å²) in [5.74, 6) is 0. The molecule has 76 heavy (non-hydrogen) atoms. The molecule has 9 aromatic rings. The highest BCUT2D eigenvalue weighted by Crippen LogP contribution is 2.60. The summed E-state index contributed by atoms with van der Waals surface area (Å²) in [4.78, 5) is 5.13. The number of nitrogens with zero attached hydrogens (tertiary/aromatic N) is 2. The molecule has 2 heteroatoms. The second-order valence-electron chi connectivity index (χ2n) is 22.4. The van der Waals surface area contributed by atoms with Crippen molar-refractivity contribution in [2.75, 3.05) is 9.80 Å². The van der Waals surface area contributed by atoms with Crippen LogP contribution in [0.25, 0.3) is 44.5 Å². The standard InChI is InChI=1S/C74H72N2/c1-9-71(10-2)63-31-23-20-28-55(63)58-39-34-50(44-66(58)71)75(49-26-18-17-19-27-49)51-35-42-61-62-43-38-54(48-70(62)74(15-7,16-8)69(61)45-51)76(52-36-40-59-56-29-21-24-32-64(56)72(11-3,12-4)67(59)46-52)53-37-41-60-57-30-22-25-33-65(57)73(13-5,14-6)68(60)47-53/h17-48H,9-16H2,1-8H3. The lowest BCUT2D eigenvalue weighted by atomic mass is 9.73. The summed E-state index contributed by atoms with van der Waals surface area (Å²) in [6, 6.07) is 75.5. The van der Waals surface area contributed by atoms with E-state index in [1.165, 1.54) is 123 Å². The third kappa shape index (κ3) is 6.46. The van der Waals surface area contributed by atoms with E-state index < -0.39 is 0 Å². The fraction of sp³-hybridized carbons (Fsp3) is 0.270. The van der Waals surface area contributed by atoms with Crippen LogP contribution in [0.3, 0.4) is 0 Å². The number of para-hydroxylation sites is 1. The highest BCUT2D eigenvalue weighted by molar-refractivity contribution is 5.93. The zero-order valence-corrected chi connectivity index (χ0v) is 46.0. The van der Waals surface area contributed by atoms with E-state index in [1.807, 2.05) is 0 Å². The first-order chi connectivity index (χ1) is 37.2. The largest absolute Gasteiger partial charge is 0.310 e. The van der Waals surface area contributed by atoms with E-state index in [2.05, 4.69) is 259 Å². The molecule has 0 heterocycles. The normalized spacial score (nSPS) is 15.7. The van der Waals surface area contributed by atoms with Crippen LogP contribution in [-0.2, 0) is 21.7 Å². The third-order valence-corrected chi connectivity index (χ3v) is 20.2. The molecule has 0 saturated heterocycles. The van der Waals surface area contributed by atoms with Gasteiger partial charge in [0, 0.05) is 55.8 Å². The van der Waals surface area contributed by atoms with Crippen LogP contribution in [0, 0.1) is 0 Å². The molecule has 2 nitrogen and oxygen atoms in total. The van der Waals surface area contributed by atoms with Gasteiger partial charge in [0.15, 0.2) is 0 Å². The average molecular weight is 989 g/mol. The maximum atomic E-state index is 2.61. The lowest BCUT2D eigenvalue weighted by Gasteiger charge is -2.34. The SMILES string of the molecule is CCC1(CC)c2ccccc2-c2ccc(N(c3ccccc3)c3ccc4c(c3)C(CC)(CC)c3cc(N(c5ccc6c(c5)C(CC)(CC)c5ccccc5-6)c5ccc6c(c5)C(CC)(CC)c5ccccc5-6)ccc3-4)cc21. The van der Waals surface area contributed by atoms with Gasteiger partial charge in [-0.15, -0.1) is 0 Å². The van der Waals surface area contributed by atoms with Crippen molar-refractivity contribution in [2.24, 2.45) is 0 Å². The van der Waals surface area contributed by atoms with Crippen molar-refractivity contribution < 1.29 is 0 Å². The second-order valence-corrected chi connectivity index (χ2v) is 22.4. The Morgan fingerprint density at radius 1 is 0.211 bits per heavy atom. The van der Waals surface area contributed by atoms with Crippen molar-refractivity contribution in [3.63, 3.8) is 0 Å². The molecule has 13 rings (SSSR count). The van der Waals surface area contributed by atoms with E-state index >= 15 is 0 Å². The van der Waals surface area contributed by atoms with Crippen molar-refractivity contribution in [2.45, 2.75) is 128 Å². The zero-order chi connectivity index (χ0) is 52.1. The Labute approximate surface area is 453 Å². The predicted octanol–water partition coefficient (Wildman–Crippen LogP) is 21.0. The monoisotopic (exact) mass is 989 g/mol. The highest BCUT2D eigenvalue weighted by atomic mass is 15.1. The van der Waals surface area contributed by atoms with Gasteiger partial charge in [-0.1, -0.05) is 177 Å². The van der Waals surface area contributed by atoms with E-state index in [1.54, 1.807) is 0 Å². The average Bonchev–Trinajstić information content (AvgIpc) is 4.15. The topological polar surface area (TPSA) is 6.48 Å². The molecule has 0 N–H and O–H groups in total. The number of fused-ring (bicyclic) bond motifs is 12. The van der Waals surface area contributed by atoms with Crippen LogP contribution in [0.2, 0.25) is 0 Å². The van der Waals surface area contributed by atoms with Crippen LogP contribution in [0.4, 0.5) is 34.1 Å². The molecular formula is C74H72N2. The molecule has 0 atom stereocenters. The molecule has 0 unspecified atom stereocenters. The summed E-state index contributed by atoms with van der Waals surface area (Å²) in [6.07, 6.45) is 8.33. The van der Waals surface area contributed by atoms with E-state index in [-0.39, 0.29) is 21.7 Å². The minimum absolute atomic E-state index is 0.0190. The van der Waals surface area contributed by atoms with Gasteiger partial charge in [0.2, 0.25) is 0 Å². The van der Waals surface area contributed by atoms with Crippen LogP contribution in [-0.4, -0.2) is 0 Å². The first-order valence-electron chi connectivity index (χ1n) is 28.9. The van der Waals surface area contributed by atoms with Crippen LogP contribution < -0.4 is 9.80 Å². The zero-order valence-electron chi connectivity index (χ0n) is 46.0. The molecule has 0 spiro atoms. The lowest BCUT2D eigenvalue weighted by molar-refractivity contribution is 0.490.